The summed E-state index contributed by atoms with van der Waals surface area (Å²) in [5, 5.41) is 48.9. The van der Waals surface area contributed by atoms with Gasteiger partial charge < -0.3 is 50.4 Å². The SMILES string of the molecule is CC1=CC(CC(C(=O)O)C2CN(CC(O)CCOC3OCC(O)C(O)C3O)C(N)=N2)OC1=O. The van der Waals surface area contributed by atoms with E-state index < -0.39 is 60.7 Å². The highest BCUT2D eigenvalue weighted by molar-refractivity contribution is 5.90. The van der Waals surface area contributed by atoms with Gasteiger partial charge in [0, 0.05) is 25.1 Å². The van der Waals surface area contributed by atoms with Gasteiger partial charge in [-0.15, -0.1) is 0 Å². The highest BCUT2D eigenvalue weighted by Crippen LogP contribution is 2.26. The van der Waals surface area contributed by atoms with Crippen LogP contribution in [0.15, 0.2) is 16.6 Å². The van der Waals surface area contributed by atoms with E-state index in [0.29, 0.717) is 5.57 Å². The molecule has 0 aliphatic carbocycles. The number of aliphatic carboxylic acids is 1. The van der Waals surface area contributed by atoms with E-state index in [4.69, 9.17) is 19.9 Å². The molecule has 3 aliphatic rings. The molecule has 0 radical (unpaired) electrons. The van der Waals surface area contributed by atoms with Crippen LogP contribution in [-0.4, -0.2) is 117 Å². The van der Waals surface area contributed by atoms with Crippen molar-refractivity contribution in [1.82, 2.24) is 4.90 Å². The maximum absolute atomic E-state index is 11.8. The first-order chi connectivity index (χ1) is 15.6. The van der Waals surface area contributed by atoms with Crippen molar-refractivity contribution in [2.75, 3.05) is 26.3 Å². The van der Waals surface area contributed by atoms with Crippen LogP contribution in [0.3, 0.4) is 0 Å². The number of β-amino-alcohol motifs (C(OH)–C–C–N with tert-alkyl or cyclic N) is 1. The summed E-state index contributed by atoms with van der Waals surface area (Å²) in [5.74, 6) is -2.38. The minimum atomic E-state index is -1.42. The molecule has 33 heavy (non-hydrogen) atoms. The maximum Gasteiger partial charge on any atom is 0.334 e. The fourth-order valence-electron chi connectivity index (χ4n) is 3.99. The second-order valence-electron chi connectivity index (χ2n) is 8.50. The molecule has 3 rings (SSSR count). The summed E-state index contributed by atoms with van der Waals surface area (Å²) in [6.07, 6.45) is -4.88. The van der Waals surface area contributed by atoms with Crippen molar-refractivity contribution in [2.45, 2.75) is 62.6 Å². The predicted molar refractivity (Wildman–Crippen MR) is 111 cm³/mol. The third-order valence-electron chi connectivity index (χ3n) is 5.93. The van der Waals surface area contributed by atoms with Gasteiger partial charge in [-0.2, -0.15) is 0 Å². The molecule has 0 amide bonds. The van der Waals surface area contributed by atoms with E-state index in [9.17, 15) is 35.1 Å². The van der Waals surface area contributed by atoms with Crippen LogP contribution in [0.2, 0.25) is 0 Å². The Hall–Kier alpha value is -2.29. The van der Waals surface area contributed by atoms with Crippen molar-refractivity contribution in [3.8, 4) is 0 Å². The Morgan fingerprint density at radius 2 is 2.09 bits per heavy atom. The summed E-state index contributed by atoms with van der Waals surface area (Å²) in [4.78, 5) is 29.2. The molecule has 0 spiro atoms. The first-order valence-electron chi connectivity index (χ1n) is 10.7. The summed E-state index contributed by atoms with van der Waals surface area (Å²) in [6.45, 7) is 1.67. The summed E-state index contributed by atoms with van der Waals surface area (Å²) in [7, 11) is 0. The third-order valence-corrected chi connectivity index (χ3v) is 5.93. The zero-order valence-electron chi connectivity index (χ0n) is 18.2. The highest BCUT2D eigenvalue weighted by Gasteiger charge is 2.39. The fourth-order valence-corrected chi connectivity index (χ4v) is 3.99. The van der Waals surface area contributed by atoms with Crippen LogP contribution in [0, 0.1) is 5.92 Å². The van der Waals surface area contributed by atoms with E-state index in [1.165, 1.54) is 0 Å². The minimum absolute atomic E-state index is 0.00346. The third kappa shape index (κ3) is 6.19. The molecule has 0 aromatic carbocycles. The van der Waals surface area contributed by atoms with Crippen LogP contribution in [-0.2, 0) is 23.8 Å². The van der Waals surface area contributed by atoms with Gasteiger partial charge in [0.2, 0.25) is 0 Å². The Morgan fingerprint density at radius 1 is 1.36 bits per heavy atom. The van der Waals surface area contributed by atoms with Gasteiger partial charge in [-0.25, -0.2) is 9.79 Å². The van der Waals surface area contributed by atoms with E-state index in [2.05, 4.69) is 4.99 Å². The Bertz CT molecular complexity index is 790. The lowest BCUT2D eigenvalue weighted by Crippen LogP contribution is -2.53. The lowest BCUT2D eigenvalue weighted by atomic mass is 9.93. The number of aliphatic imine (C=N–C) groups is 1. The number of cyclic esters (lactones) is 1. The second kappa shape index (κ2) is 10.8. The van der Waals surface area contributed by atoms with Gasteiger partial charge in [-0.05, 0) is 19.4 Å². The number of carboxylic acid groups (broad SMARTS) is 1. The first-order valence-corrected chi connectivity index (χ1v) is 10.7. The molecule has 0 saturated carbocycles. The molecule has 1 saturated heterocycles. The van der Waals surface area contributed by atoms with Gasteiger partial charge in [0.25, 0.3) is 0 Å². The van der Waals surface area contributed by atoms with Crippen LogP contribution in [0.5, 0.6) is 0 Å². The molecule has 0 aromatic rings. The van der Waals surface area contributed by atoms with Crippen molar-refractivity contribution < 1.29 is 49.3 Å². The van der Waals surface area contributed by atoms with E-state index >= 15 is 0 Å². The monoisotopic (exact) mass is 473 g/mol. The van der Waals surface area contributed by atoms with E-state index in [0.717, 1.165) is 0 Å². The quantitative estimate of drug-likeness (QED) is 0.177. The van der Waals surface area contributed by atoms with Crippen molar-refractivity contribution in [3.63, 3.8) is 0 Å². The average Bonchev–Trinajstić information content (AvgIpc) is 3.26. The Balaban J connectivity index is 1.45. The number of nitrogens with two attached hydrogens (primary N) is 1. The Kier molecular flexibility index (Phi) is 8.26. The number of rotatable bonds is 10. The number of guanidine groups is 1. The number of hydrogen-bond acceptors (Lipinski definition) is 12. The number of nitrogens with zero attached hydrogens (tertiary/aromatic N) is 2. The number of carbonyl (C=O) groups excluding carboxylic acids is 1. The maximum atomic E-state index is 11.8. The second-order valence-corrected chi connectivity index (χ2v) is 8.50. The van der Waals surface area contributed by atoms with Gasteiger partial charge in [0.15, 0.2) is 12.2 Å². The summed E-state index contributed by atoms with van der Waals surface area (Å²) in [5.41, 5.74) is 6.37. The predicted octanol–water partition coefficient (Wildman–Crippen LogP) is -2.85. The number of ether oxygens (including phenoxy) is 3. The van der Waals surface area contributed by atoms with Crippen molar-refractivity contribution in [1.29, 1.82) is 0 Å². The zero-order chi connectivity index (χ0) is 24.3. The largest absolute Gasteiger partial charge is 0.481 e. The molecule has 3 aliphatic heterocycles. The molecule has 3 heterocycles. The normalized spacial score (nSPS) is 34.0. The van der Waals surface area contributed by atoms with Crippen molar-refractivity contribution in [2.24, 2.45) is 16.6 Å². The van der Waals surface area contributed by atoms with Crippen LogP contribution in [0.25, 0.3) is 0 Å². The molecule has 13 heteroatoms. The molecule has 8 atom stereocenters. The molecule has 0 bridgehead atoms. The molecule has 7 N–H and O–H groups in total. The first kappa shape index (κ1) is 25.3. The van der Waals surface area contributed by atoms with E-state index in [-0.39, 0.29) is 45.1 Å². The minimum Gasteiger partial charge on any atom is -0.481 e. The molecular weight excluding hydrogens is 442 g/mol. The van der Waals surface area contributed by atoms with Crippen molar-refractivity contribution >= 4 is 17.9 Å². The Labute approximate surface area is 190 Å². The van der Waals surface area contributed by atoms with Gasteiger partial charge in [-0.1, -0.05) is 0 Å². The average molecular weight is 473 g/mol. The topological polar surface area (TPSA) is 205 Å². The van der Waals surface area contributed by atoms with Gasteiger partial charge in [0.1, 0.15) is 24.4 Å². The lowest BCUT2D eigenvalue weighted by Gasteiger charge is -2.35. The summed E-state index contributed by atoms with van der Waals surface area (Å²) in [6, 6.07) is -0.669. The van der Waals surface area contributed by atoms with Gasteiger partial charge in [-0.3, -0.25) is 4.79 Å². The van der Waals surface area contributed by atoms with Crippen LogP contribution in [0.1, 0.15) is 19.8 Å². The van der Waals surface area contributed by atoms with Gasteiger partial charge >= 0.3 is 11.9 Å². The molecule has 8 unspecified atom stereocenters. The standard InChI is InChI=1S/C20H31N3O10/c1-9-4-11(33-18(9)30)5-12(17(28)29)13-7-23(20(21)22-13)6-10(24)2-3-31-19-16(27)15(26)14(25)8-32-19/h4,10-16,19,24-27H,2-3,5-8H2,1H3,(H2,21,22)(H,28,29). The van der Waals surface area contributed by atoms with Crippen LogP contribution in [0.4, 0.5) is 0 Å². The van der Waals surface area contributed by atoms with E-state index in [1.54, 1.807) is 17.9 Å². The highest BCUT2D eigenvalue weighted by atomic mass is 16.7. The number of hydrogen-bond donors (Lipinski definition) is 6. The fraction of sp³-hybridized carbons (Fsp3) is 0.750. The number of carboxylic acids is 1. The van der Waals surface area contributed by atoms with Crippen molar-refractivity contribution in [3.05, 3.63) is 11.6 Å². The number of esters is 1. The molecule has 0 aromatic heterocycles. The van der Waals surface area contributed by atoms with Gasteiger partial charge in [0.05, 0.1) is 31.3 Å². The Morgan fingerprint density at radius 3 is 2.73 bits per heavy atom. The zero-order valence-corrected chi connectivity index (χ0v) is 18.2. The van der Waals surface area contributed by atoms with Crippen LogP contribution < -0.4 is 5.73 Å². The lowest BCUT2D eigenvalue weighted by molar-refractivity contribution is -0.270. The molecule has 1 fully saturated rings. The molecular formula is C20H31N3O10. The summed E-state index contributed by atoms with van der Waals surface area (Å²) < 4.78 is 15.6. The number of aliphatic hydroxyl groups is 4. The number of aliphatic hydroxyl groups excluding tert-OH is 4. The summed E-state index contributed by atoms with van der Waals surface area (Å²) >= 11 is 0. The van der Waals surface area contributed by atoms with E-state index in [1.807, 2.05) is 0 Å². The number of carbonyl (C=O) groups is 2. The molecule has 13 nitrogen and oxygen atoms in total. The van der Waals surface area contributed by atoms with Crippen LogP contribution >= 0.6 is 0 Å². The molecule has 186 valence electrons. The smallest absolute Gasteiger partial charge is 0.334 e.